The van der Waals surface area contributed by atoms with Gasteiger partial charge in [0.05, 0.1) is 7.11 Å². The van der Waals surface area contributed by atoms with Crippen molar-refractivity contribution in [2.75, 3.05) is 13.7 Å². The van der Waals surface area contributed by atoms with Gasteiger partial charge in [0.25, 0.3) is 0 Å². The van der Waals surface area contributed by atoms with Gasteiger partial charge in [-0.1, -0.05) is 25.1 Å². The van der Waals surface area contributed by atoms with E-state index in [-0.39, 0.29) is 17.2 Å². The summed E-state index contributed by atoms with van der Waals surface area (Å²) >= 11 is 0. The van der Waals surface area contributed by atoms with E-state index in [0.29, 0.717) is 18.7 Å². The molecule has 0 spiro atoms. The Morgan fingerprint density at radius 2 is 1.89 bits per heavy atom. The highest BCUT2D eigenvalue weighted by molar-refractivity contribution is 5.83. The molecule has 0 amide bonds. The largest absolute Gasteiger partial charge is 0.494 e. The number of rotatable bonds is 6. The standard InChI is InChI=1S/C22H24FNO3/c1-5-24(12-16-7-9-20(26-4)19(23)10-16)13-17-11-21(25)27-22-15(3)14(2)6-8-18(17)22/h6-11H,5,12-13H2,1-4H3. The van der Waals surface area contributed by atoms with Gasteiger partial charge < -0.3 is 9.15 Å². The van der Waals surface area contributed by atoms with Gasteiger partial charge in [-0.15, -0.1) is 0 Å². The van der Waals surface area contributed by atoms with Gasteiger partial charge in [0.1, 0.15) is 5.58 Å². The van der Waals surface area contributed by atoms with Gasteiger partial charge in [0.15, 0.2) is 11.6 Å². The molecule has 0 bridgehead atoms. The lowest BCUT2D eigenvalue weighted by Crippen LogP contribution is -2.23. The number of ether oxygens (including phenoxy) is 1. The molecule has 0 aliphatic rings. The molecule has 0 unspecified atom stereocenters. The molecule has 0 atom stereocenters. The summed E-state index contributed by atoms with van der Waals surface area (Å²) in [6, 6.07) is 10.6. The monoisotopic (exact) mass is 369 g/mol. The molecule has 0 aliphatic heterocycles. The zero-order chi connectivity index (χ0) is 19.6. The average molecular weight is 369 g/mol. The molecule has 2 aromatic carbocycles. The van der Waals surface area contributed by atoms with Crippen molar-refractivity contribution < 1.29 is 13.5 Å². The third-order valence-corrected chi connectivity index (χ3v) is 4.98. The van der Waals surface area contributed by atoms with Crippen LogP contribution in [0.5, 0.6) is 5.75 Å². The molecule has 0 saturated carbocycles. The van der Waals surface area contributed by atoms with Crippen molar-refractivity contribution in [3.63, 3.8) is 0 Å². The van der Waals surface area contributed by atoms with Crippen LogP contribution in [0.15, 0.2) is 45.6 Å². The molecule has 27 heavy (non-hydrogen) atoms. The Morgan fingerprint density at radius 1 is 1.11 bits per heavy atom. The molecule has 0 aliphatic carbocycles. The highest BCUT2D eigenvalue weighted by atomic mass is 19.1. The number of methoxy groups -OCH3 is 1. The third-order valence-electron chi connectivity index (χ3n) is 4.98. The third kappa shape index (κ3) is 4.03. The minimum Gasteiger partial charge on any atom is -0.494 e. The Labute approximate surface area is 158 Å². The lowest BCUT2D eigenvalue weighted by atomic mass is 10.0. The van der Waals surface area contributed by atoms with Gasteiger partial charge in [-0.25, -0.2) is 9.18 Å². The first-order chi connectivity index (χ1) is 12.9. The second-order valence-corrected chi connectivity index (χ2v) is 6.75. The maximum Gasteiger partial charge on any atom is 0.336 e. The summed E-state index contributed by atoms with van der Waals surface area (Å²) < 4.78 is 24.4. The van der Waals surface area contributed by atoms with Crippen LogP contribution in [0, 0.1) is 19.7 Å². The highest BCUT2D eigenvalue weighted by Crippen LogP contribution is 2.25. The lowest BCUT2D eigenvalue weighted by Gasteiger charge is -2.21. The summed E-state index contributed by atoms with van der Waals surface area (Å²) in [4.78, 5) is 14.2. The predicted octanol–water partition coefficient (Wildman–Crippen LogP) is 4.58. The number of benzene rings is 2. The van der Waals surface area contributed by atoms with Crippen molar-refractivity contribution in [2.45, 2.75) is 33.9 Å². The van der Waals surface area contributed by atoms with Gasteiger partial charge in [-0.05, 0) is 54.8 Å². The van der Waals surface area contributed by atoms with Crippen molar-refractivity contribution in [3.05, 3.63) is 74.9 Å². The molecule has 0 saturated heterocycles. The summed E-state index contributed by atoms with van der Waals surface area (Å²) in [5, 5.41) is 0.942. The summed E-state index contributed by atoms with van der Waals surface area (Å²) in [6.45, 7) is 7.92. The zero-order valence-corrected chi connectivity index (χ0v) is 16.1. The molecule has 142 valence electrons. The van der Waals surface area contributed by atoms with Crippen LogP contribution >= 0.6 is 0 Å². The molecule has 0 N–H and O–H groups in total. The summed E-state index contributed by atoms with van der Waals surface area (Å²) in [5.41, 5.74) is 4.13. The first-order valence-corrected chi connectivity index (χ1v) is 9.00. The minimum absolute atomic E-state index is 0.235. The predicted molar refractivity (Wildman–Crippen MR) is 105 cm³/mol. The van der Waals surface area contributed by atoms with Crippen LogP contribution in [0.1, 0.15) is 29.2 Å². The first kappa shape index (κ1) is 19.1. The zero-order valence-electron chi connectivity index (χ0n) is 16.1. The normalized spacial score (nSPS) is 11.3. The molecule has 3 aromatic rings. The second kappa shape index (κ2) is 7.92. The quantitative estimate of drug-likeness (QED) is 0.597. The van der Waals surface area contributed by atoms with Crippen molar-refractivity contribution in [1.29, 1.82) is 0 Å². The number of aryl methyl sites for hydroxylation is 2. The van der Waals surface area contributed by atoms with Gasteiger partial charge in [-0.3, -0.25) is 4.90 Å². The molecular weight excluding hydrogens is 345 g/mol. The molecule has 5 heteroatoms. The van der Waals surface area contributed by atoms with E-state index in [1.165, 1.54) is 13.2 Å². The van der Waals surface area contributed by atoms with E-state index in [1.807, 2.05) is 39.0 Å². The highest BCUT2D eigenvalue weighted by Gasteiger charge is 2.13. The number of hydrogen-bond donors (Lipinski definition) is 0. The number of fused-ring (bicyclic) bond motifs is 1. The fourth-order valence-electron chi connectivity index (χ4n) is 3.24. The van der Waals surface area contributed by atoms with Crippen LogP contribution in [0.4, 0.5) is 4.39 Å². The molecule has 4 nitrogen and oxygen atoms in total. The smallest absolute Gasteiger partial charge is 0.336 e. The molecule has 1 aromatic heterocycles. The van der Waals surface area contributed by atoms with Crippen molar-refractivity contribution in [1.82, 2.24) is 4.90 Å². The van der Waals surface area contributed by atoms with E-state index in [0.717, 1.165) is 34.2 Å². The summed E-state index contributed by atoms with van der Waals surface area (Å²) in [7, 11) is 1.45. The summed E-state index contributed by atoms with van der Waals surface area (Å²) in [5.74, 6) is -0.137. The van der Waals surface area contributed by atoms with E-state index in [1.54, 1.807) is 12.1 Å². The maximum absolute atomic E-state index is 14.0. The van der Waals surface area contributed by atoms with Crippen LogP contribution < -0.4 is 10.4 Å². The second-order valence-electron chi connectivity index (χ2n) is 6.75. The van der Waals surface area contributed by atoms with Crippen molar-refractivity contribution in [3.8, 4) is 5.75 Å². The Morgan fingerprint density at radius 3 is 2.56 bits per heavy atom. The minimum atomic E-state index is -0.372. The van der Waals surface area contributed by atoms with Crippen LogP contribution in [0.25, 0.3) is 11.0 Å². The molecule has 1 heterocycles. The van der Waals surface area contributed by atoms with Crippen LogP contribution in [-0.2, 0) is 13.1 Å². The SMILES string of the molecule is CCN(Cc1ccc(OC)c(F)c1)Cc1cc(=O)oc2c(C)c(C)ccc12. The topological polar surface area (TPSA) is 42.7 Å². The van der Waals surface area contributed by atoms with E-state index < -0.39 is 0 Å². The van der Waals surface area contributed by atoms with E-state index in [2.05, 4.69) is 4.90 Å². The molecular formula is C22H24FNO3. The fraction of sp³-hybridized carbons (Fsp3) is 0.318. The van der Waals surface area contributed by atoms with Crippen LogP contribution in [0.3, 0.4) is 0 Å². The van der Waals surface area contributed by atoms with Crippen molar-refractivity contribution in [2.24, 2.45) is 0 Å². The van der Waals surface area contributed by atoms with E-state index in [9.17, 15) is 9.18 Å². The molecule has 0 fully saturated rings. The first-order valence-electron chi connectivity index (χ1n) is 9.00. The van der Waals surface area contributed by atoms with E-state index in [4.69, 9.17) is 9.15 Å². The number of halogens is 1. The molecule has 3 rings (SSSR count). The van der Waals surface area contributed by atoms with Crippen molar-refractivity contribution >= 4 is 11.0 Å². The van der Waals surface area contributed by atoms with Crippen LogP contribution in [0.2, 0.25) is 0 Å². The van der Waals surface area contributed by atoms with Gasteiger partial charge in [-0.2, -0.15) is 0 Å². The Balaban J connectivity index is 1.92. The lowest BCUT2D eigenvalue weighted by molar-refractivity contribution is 0.271. The maximum atomic E-state index is 14.0. The Kier molecular flexibility index (Phi) is 5.61. The molecule has 0 radical (unpaired) electrons. The fourth-order valence-corrected chi connectivity index (χ4v) is 3.24. The number of hydrogen-bond acceptors (Lipinski definition) is 4. The van der Waals surface area contributed by atoms with Gasteiger partial charge >= 0.3 is 5.63 Å². The van der Waals surface area contributed by atoms with Gasteiger partial charge in [0.2, 0.25) is 0 Å². The summed E-state index contributed by atoms with van der Waals surface area (Å²) in [6.07, 6.45) is 0. The number of nitrogens with zero attached hydrogens (tertiary/aromatic N) is 1. The Bertz CT molecular complexity index is 1030. The van der Waals surface area contributed by atoms with Gasteiger partial charge in [0, 0.05) is 24.5 Å². The van der Waals surface area contributed by atoms with Crippen LogP contribution in [-0.4, -0.2) is 18.6 Å². The average Bonchev–Trinajstić information content (AvgIpc) is 2.64. The van der Waals surface area contributed by atoms with E-state index >= 15 is 0 Å². The Hall–Kier alpha value is -2.66.